The van der Waals surface area contributed by atoms with Gasteiger partial charge in [-0.15, -0.1) is 0 Å². The minimum atomic E-state index is -0.790. The van der Waals surface area contributed by atoms with E-state index in [1.165, 1.54) is 16.0 Å². The molecule has 1 atom stereocenters. The maximum Gasteiger partial charge on any atom is 0.300 e. The lowest BCUT2D eigenvalue weighted by Gasteiger charge is -2.26. The fourth-order valence-corrected chi connectivity index (χ4v) is 5.30. The molecular formula is C31H32N2O4. The molecule has 0 bridgehead atoms. The van der Waals surface area contributed by atoms with E-state index in [1.54, 1.807) is 0 Å². The van der Waals surface area contributed by atoms with Crippen molar-refractivity contribution in [1.29, 1.82) is 0 Å². The number of Topliss-reactive ketones (excluding diaryl/α,β-unsaturated/α-hetero) is 1. The first kappa shape index (κ1) is 24.6. The number of fused-ring (bicyclic) bond motifs is 1. The second kappa shape index (κ2) is 10.1. The predicted molar refractivity (Wildman–Crippen MR) is 146 cm³/mol. The number of aryl methyl sites for hydroxylation is 2. The number of benzene rings is 3. The number of carbonyl (C=O) groups is 2. The smallest absolute Gasteiger partial charge is 0.300 e. The van der Waals surface area contributed by atoms with Gasteiger partial charge in [0.1, 0.15) is 11.5 Å². The van der Waals surface area contributed by atoms with Gasteiger partial charge in [-0.05, 0) is 91.8 Å². The molecule has 1 unspecified atom stereocenters. The fraction of sp³-hybridized carbons (Fsp3) is 0.290. The highest BCUT2D eigenvalue weighted by Crippen LogP contribution is 2.43. The third-order valence-electron chi connectivity index (χ3n) is 7.20. The second-order valence-corrected chi connectivity index (χ2v) is 9.78. The van der Waals surface area contributed by atoms with Gasteiger partial charge in [-0.2, -0.15) is 0 Å². The largest absolute Gasteiger partial charge is 0.507 e. The molecular weight excluding hydrogens is 464 g/mol. The number of ether oxygens (including phenoxy) is 1. The molecule has 190 valence electrons. The summed E-state index contributed by atoms with van der Waals surface area (Å²) in [5.74, 6) is -0.865. The Morgan fingerprint density at radius 1 is 0.973 bits per heavy atom. The molecule has 0 radical (unpaired) electrons. The van der Waals surface area contributed by atoms with Gasteiger partial charge in [0.15, 0.2) is 0 Å². The molecule has 0 spiro atoms. The number of rotatable bonds is 6. The van der Waals surface area contributed by atoms with E-state index in [-0.39, 0.29) is 11.3 Å². The maximum absolute atomic E-state index is 13.5. The zero-order valence-electron chi connectivity index (χ0n) is 21.5. The lowest BCUT2D eigenvalue weighted by molar-refractivity contribution is -0.132. The van der Waals surface area contributed by atoms with Crippen LogP contribution >= 0.6 is 0 Å². The fourth-order valence-electron chi connectivity index (χ4n) is 5.30. The average molecular weight is 497 g/mol. The summed E-state index contributed by atoms with van der Waals surface area (Å²) in [5.41, 5.74) is 5.39. The van der Waals surface area contributed by atoms with Crippen LogP contribution in [0.1, 0.15) is 48.1 Å². The quantitative estimate of drug-likeness (QED) is 0.271. The molecule has 37 heavy (non-hydrogen) atoms. The van der Waals surface area contributed by atoms with Crippen LogP contribution in [0.4, 0.5) is 11.4 Å². The summed E-state index contributed by atoms with van der Waals surface area (Å²) < 4.78 is 5.71. The van der Waals surface area contributed by atoms with Crippen molar-refractivity contribution in [2.24, 2.45) is 0 Å². The molecule has 1 N–H and O–H groups in total. The second-order valence-electron chi connectivity index (χ2n) is 9.78. The topological polar surface area (TPSA) is 70.1 Å². The van der Waals surface area contributed by atoms with Crippen LogP contribution in [-0.4, -0.2) is 37.5 Å². The van der Waals surface area contributed by atoms with Crippen LogP contribution in [0.3, 0.4) is 0 Å². The molecule has 0 aromatic heterocycles. The van der Waals surface area contributed by atoms with Crippen molar-refractivity contribution in [2.75, 3.05) is 30.5 Å². The monoisotopic (exact) mass is 496 g/mol. The van der Waals surface area contributed by atoms with E-state index in [0.29, 0.717) is 29.2 Å². The van der Waals surface area contributed by atoms with E-state index in [4.69, 9.17) is 4.74 Å². The summed E-state index contributed by atoms with van der Waals surface area (Å²) >= 11 is 0. The Morgan fingerprint density at radius 2 is 1.70 bits per heavy atom. The van der Waals surface area contributed by atoms with E-state index in [1.807, 2.05) is 92.6 Å². The highest BCUT2D eigenvalue weighted by molar-refractivity contribution is 6.51. The van der Waals surface area contributed by atoms with Gasteiger partial charge in [-0.25, -0.2) is 0 Å². The summed E-state index contributed by atoms with van der Waals surface area (Å²) in [7, 11) is 3.89. The first-order chi connectivity index (χ1) is 17.9. The van der Waals surface area contributed by atoms with E-state index in [2.05, 4.69) is 0 Å². The van der Waals surface area contributed by atoms with Gasteiger partial charge in [-0.3, -0.25) is 14.5 Å². The van der Waals surface area contributed by atoms with Crippen molar-refractivity contribution >= 4 is 28.8 Å². The maximum atomic E-state index is 13.5. The Morgan fingerprint density at radius 3 is 2.41 bits per heavy atom. The zero-order valence-corrected chi connectivity index (χ0v) is 21.5. The van der Waals surface area contributed by atoms with Crippen LogP contribution in [0.25, 0.3) is 5.76 Å². The van der Waals surface area contributed by atoms with Gasteiger partial charge in [0.25, 0.3) is 11.7 Å². The summed E-state index contributed by atoms with van der Waals surface area (Å²) in [4.78, 5) is 30.5. The Hall–Kier alpha value is -4.06. The van der Waals surface area contributed by atoms with Crippen LogP contribution in [0.2, 0.25) is 0 Å². The van der Waals surface area contributed by atoms with Crippen molar-refractivity contribution in [3.05, 3.63) is 94.6 Å². The van der Waals surface area contributed by atoms with Crippen LogP contribution in [-0.2, 0) is 22.4 Å². The number of ketones is 1. The van der Waals surface area contributed by atoms with Crippen LogP contribution < -0.4 is 14.5 Å². The van der Waals surface area contributed by atoms with Crippen LogP contribution in [0, 0.1) is 0 Å². The van der Waals surface area contributed by atoms with Crippen LogP contribution in [0.5, 0.6) is 5.75 Å². The van der Waals surface area contributed by atoms with Gasteiger partial charge in [0, 0.05) is 31.0 Å². The highest BCUT2D eigenvalue weighted by atomic mass is 16.5. The van der Waals surface area contributed by atoms with Crippen LogP contribution in [0.15, 0.2) is 72.3 Å². The molecule has 3 aromatic carbocycles. The van der Waals surface area contributed by atoms with Crippen molar-refractivity contribution in [2.45, 2.75) is 38.6 Å². The zero-order chi connectivity index (χ0) is 26.1. The Balaban J connectivity index is 1.67. The summed E-state index contributed by atoms with van der Waals surface area (Å²) in [6.45, 7) is 2.39. The van der Waals surface area contributed by atoms with E-state index < -0.39 is 17.7 Å². The summed E-state index contributed by atoms with van der Waals surface area (Å²) in [6.07, 6.45) is 4.23. The van der Waals surface area contributed by atoms with E-state index in [9.17, 15) is 14.7 Å². The standard InChI is InChI=1S/C31H32N2O4/c1-4-37-26-11-7-10-22(19-26)28-27(29(34)23-13-12-20-8-5-6-9-21(20)18-23)30(35)31(36)33(28)25-16-14-24(15-17-25)32(2)3/h7,10-19,28,34H,4-6,8-9H2,1-3H3/b29-27-. The number of amides is 1. The third kappa shape index (κ3) is 4.59. The molecule has 6 nitrogen and oxygen atoms in total. The van der Waals surface area contributed by atoms with Gasteiger partial charge >= 0.3 is 0 Å². The molecule has 1 amide bonds. The van der Waals surface area contributed by atoms with Gasteiger partial charge in [-0.1, -0.05) is 24.3 Å². The number of nitrogens with zero attached hydrogens (tertiary/aromatic N) is 2. The summed E-state index contributed by atoms with van der Waals surface area (Å²) in [5, 5.41) is 11.5. The van der Waals surface area contributed by atoms with Gasteiger partial charge < -0.3 is 14.7 Å². The third-order valence-corrected chi connectivity index (χ3v) is 7.20. The number of aliphatic hydroxyl groups excluding tert-OH is 1. The van der Waals surface area contributed by atoms with Gasteiger partial charge in [0.2, 0.25) is 0 Å². The Kier molecular flexibility index (Phi) is 6.74. The van der Waals surface area contributed by atoms with Crippen molar-refractivity contribution in [3.8, 4) is 5.75 Å². The molecule has 1 saturated heterocycles. The molecule has 1 heterocycles. The SMILES string of the molecule is CCOc1cccc(C2/C(=C(/O)c3ccc4c(c3)CCCC4)C(=O)C(=O)N2c2ccc(N(C)C)cc2)c1. The molecule has 1 aliphatic carbocycles. The van der Waals surface area contributed by atoms with Crippen molar-refractivity contribution in [3.63, 3.8) is 0 Å². The average Bonchev–Trinajstić information content (AvgIpc) is 3.18. The first-order valence-corrected chi connectivity index (χ1v) is 12.8. The normalized spacial score (nSPS) is 18.6. The molecule has 0 saturated carbocycles. The van der Waals surface area contributed by atoms with E-state index in [0.717, 1.165) is 31.4 Å². The molecule has 1 fully saturated rings. The lowest BCUT2D eigenvalue weighted by Crippen LogP contribution is -2.29. The number of hydrogen-bond donors (Lipinski definition) is 1. The molecule has 6 heteroatoms. The molecule has 2 aliphatic rings. The molecule has 3 aromatic rings. The lowest BCUT2D eigenvalue weighted by atomic mass is 9.88. The highest BCUT2D eigenvalue weighted by Gasteiger charge is 2.47. The first-order valence-electron chi connectivity index (χ1n) is 12.8. The van der Waals surface area contributed by atoms with Gasteiger partial charge in [0.05, 0.1) is 18.2 Å². The number of hydrogen-bond acceptors (Lipinski definition) is 5. The Labute approximate surface area is 217 Å². The minimum absolute atomic E-state index is 0.0890. The predicted octanol–water partition coefficient (Wildman–Crippen LogP) is 5.66. The van der Waals surface area contributed by atoms with Crippen molar-refractivity contribution < 1.29 is 19.4 Å². The molecule has 5 rings (SSSR count). The molecule has 1 aliphatic heterocycles. The van der Waals surface area contributed by atoms with E-state index >= 15 is 0 Å². The van der Waals surface area contributed by atoms with Crippen molar-refractivity contribution in [1.82, 2.24) is 0 Å². The minimum Gasteiger partial charge on any atom is -0.507 e. The number of anilines is 2. The Bertz CT molecular complexity index is 1370. The number of aliphatic hydroxyl groups is 1. The summed E-state index contributed by atoms with van der Waals surface area (Å²) in [6, 6.07) is 19.9. The number of carbonyl (C=O) groups excluding carboxylic acids is 2.